The predicted octanol–water partition coefficient (Wildman–Crippen LogP) is 8.28. The van der Waals surface area contributed by atoms with Gasteiger partial charge in [0.1, 0.15) is 0 Å². The molecule has 0 heterocycles. The van der Waals surface area contributed by atoms with Gasteiger partial charge in [-0.05, 0) is 12.8 Å². The summed E-state index contributed by atoms with van der Waals surface area (Å²) in [5.74, 6) is 5.38. The average molecular weight is 509 g/mol. The molecule has 0 aliphatic heterocycles. The van der Waals surface area contributed by atoms with Crippen molar-refractivity contribution in [3.63, 3.8) is 0 Å². The highest BCUT2D eigenvalue weighted by Gasteiger charge is 2.01. The first-order valence-electron chi connectivity index (χ1n) is 15.0. The van der Waals surface area contributed by atoms with E-state index in [1.807, 2.05) is 0 Å². The third kappa shape index (κ3) is 28.3. The Kier molecular flexibility index (Phi) is 27.8. The number of alkyl carbamates (subject to hydrolysis) is 2. The van der Waals surface area contributed by atoms with Crippen molar-refractivity contribution in [3.05, 3.63) is 0 Å². The molecule has 0 fully saturated rings. The summed E-state index contributed by atoms with van der Waals surface area (Å²) in [4.78, 5) is 23.3. The number of unbranched alkanes of at least 4 members (excludes halogenated alkanes) is 18. The van der Waals surface area contributed by atoms with Gasteiger partial charge in [-0.2, -0.15) is 0 Å². The summed E-state index contributed by atoms with van der Waals surface area (Å²) in [6, 6.07) is 0. The number of ether oxygens (including phenoxy) is 2. The maximum Gasteiger partial charge on any atom is 0.408 e. The second kappa shape index (κ2) is 29.3. The van der Waals surface area contributed by atoms with Gasteiger partial charge in [0.05, 0.1) is 0 Å². The van der Waals surface area contributed by atoms with E-state index in [-0.39, 0.29) is 13.2 Å². The van der Waals surface area contributed by atoms with Crippen molar-refractivity contribution in [2.75, 3.05) is 26.3 Å². The van der Waals surface area contributed by atoms with Gasteiger partial charge in [-0.1, -0.05) is 141 Å². The Morgan fingerprint density at radius 1 is 0.472 bits per heavy atom. The zero-order valence-electron chi connectivity index (χ0n) is 23.6. The maximum atomic E-state index is 11.6. The van der Waals surface area contributed by atoms with Crippen LogP contribution in [0.5, 0.6) is 0 Å². The Bertz CT molecular complexity index is 511. The summed E-state index contributed by atoms with van der Waals surface area (Å²) >= 11 is 0. The maximum absolute atomic E-state index is 11.6. The number of hydrogen-bond donors (Lipinski definition) is 2. The van der Waals surface area contributed by atoms with Crippen LogP contribution in [0, 0.1) is 11.8 Å². The Hall–Kier alpha value is -1.90. The van der Waals surface area contributed by atoms with Gasteiger partial charge in [0, 0.05) is 13.1 Å². The van der Waals surface area contributed by atoms with Crippen LogP contribution < -0.4 is 10.6 Å². The highest BCUT2D eigenvalue weighted by Crippen LogP contribution is 2.11. The van der Waals surface area contributed by atoms with E-state index in [1.165, 1.54) is 103 Å². The molecule has 36 heavy (non-hydrogen) atoms. The zero-order valence-corrected chi connectivity index (χ0v) is 23.6. The Balaban J connectivity index is 3.38. The SMILES string of the molecule is CCCCCCCCCCCCNC(=O)OCC#CCOC(=O)NCCCCCCCCCCCC. The molecule has 0 bridgehead atoms. The van der Waals surface area contributed by atoms with E-state index >= 15 is 0 Å². The fourth-order valence-corrected chi connectivity index (χ4v) is 4.01. The Morgan fingerprint density at radius 3 is 1.06 bits per heavy atom. The highest BCUT2D eigenvalue weighted by molar-refractivity contribution is 5.67. The predicted molar refractivity (Wildman–Crippen MR) is 150 cm³/mol. The van der Waals surface area contributed by atoms with Gasteiger partial charge >= 0.3 is 12.2 Å². The van der Waals surface area contributed by atoms with Crippen molar-refractivity contribution >= 4 is 12.2 Å². The van der Waals surface area contributed by atoms with Gasteiger partial charge in [-0.15, -0.1) is 0 Å². The van der Waals surface area contributed by atoms with Crippen molar-refractivity contribution in [2.45, 2.75) is 142 Å². The summed E-state index contributed by atoms with van der Waals surface area (Å²) in [6.07, 6.45) is 24.5. The summed E-state index contributed by atoms with van der Waals surface area (Å²) in [5, 5.41) is 5.49. The molecule has 0 rings (SSSR count). The molecule has 210 valence electrons. The molecule has 0 aromatic heterocycles. The van der Waals surface area contributed by atoms with Crippen LogP contribution in [0.4, 0.5) is 9.59 Å². The molecule has 0 spiro atoms. The van der Waals surface area contributed by atoms with E-state index in [1.54, 1.807) is 0 Å². The van der Waals surface area contributed by atoms with Crippen molar-refractivity contribution in [2.24, 2.45) is 0 Å². The van der Waals surface area contributed by atoms with Crippen LogP contribution in [0.3, 0.4) is 0 Å². The molecule has 0 aromatic rings. The Labute approximate surface area is 222 Å². The van der Waals surface area contributed by atoms with Crippen molar-refractivity contribution in [1.82, 2.24) is 10.6 Å². The molecule has 0 aliphatic rings. The third-order valence-corrected chi connectivity index (χ3v) is 6.28. The fourth-order valence-electron chi connectivity index (χ4n) is 4.01. The molecule has 2 N–H and O–H groups in total. The summed E-state index contributed by atoms with van der Waals surface area (Å²) < 4.78 is 10.0. The zero-order chi connectivity index (χ0) is 26.4. The van der Waals surface area contributed by atoms with E-state index in [2.05, 4.69) is 36.3 Å². The largest absolute Gasteiger partial charge is 0.436 e. The van der Waals surface area contributed by atoms with Gasteiger partial charge in [0.15, 0.2) is 13.2 Å². The number of rotatable bonds is 24. The van der Waals surface area contributed by atoms with Gasteiger partial charge in [-0.25, -0.2) is 9.59 Å². The molecule has 0 unspecified atom stereocenters. The second-order valence-corrected chi connectivity index (χ2v) is 9.72. The van der Waals surface area contributed by atoms with Gasteiger partial charge in [-0.3, -0.25) is 0 Å². The summed E-state index contributed by atoms with van der Waals surface area (Å²) in [5.41, 5.74) is 0. The Morgan fingerprint density at radius 2 is 0.750 bits per heavy atom. The number of amides is 2. The minimum absolute atomic E-state index is 0.00650. The van der Waals surface area contributed by atoms with Crippen LogP contribution in [0.2, 0.25) is 0 Å². The fraction of sp³-hybridized carbons (Fsp3) is 0.867. The first-order chi connectivity index (χ1) is 17.7. The lowest BCUT2D eigenvalue weighted by Crippen LogP contribution is -2.25. The van der Waals surface area contributed by atoms with Crippen LogP contribution in [-0.4, -0.2) is 38.5 Å². The van der Waals surface area contributed by atoms with E-state index in [9.17, 15) is 9.59 Å². The van der Waals surface area contributed by atoms with Gasteiger partial charge < -0.3 is 20.1 Å². The van der Waals surface area contributed by atoms with Crippen molar-refractivity contribution < 1.29 is 19.1 Å². The second-order valence-electron chi connectivity index (χ2n) is 9.72. The number of nitrogens with one attached hydrogen (secondary N) is 2. The minimum atomic E-state index is -0.449. The van der Waals surface area contributed by atoms with Crippen LogP contribution in [0.25, 0.3) is 0 Å². The third-order valence-electron chi connectivity index (χ3n) is 6.28. The molecule has 0 aromatic carbocycles. The van der Waals surface area contributed by atoms with Crippen LogP contribution >= 0.6 is 0 Å². The summed E-state index contributed by atoms with van der Waals surface area (Å²) in [7, 11) is 0. The lowest BCUT2D eigenvalue weighted by molar-refractivity contribution is 0.157. The summed E-state index contributed by atoms with van der Waals surface area (Å²) in [6.45, 7) is 5.74. The molecule has 0 atom stereocenters. The lowest BCUT2D eigenvalue weighted by Gasteiger charge is -2.05. The minimum Gasteiger partial charge on any atom is -0.436 e. The molecule has 0 aliphatic carbocycles. The number of carbonyl (C=O) groups is 2. The van der Waals surface area contributed by atoms with Crippen molar-refractivity contribution in [1.29, 1.82) is 0 Å². The molecule has 0 saturated heterocycles. The topological polar surface area (TPSA) is 76.7 Å². The van der Waals surface area contributed by atoms with E-state index in [0.29, 0.717) is 13.1 Å². The lowest BCUT2D eigenvalue weighted by atomic mass is 10.1. The average Bonchev–Trinajstić information content (AvgIpc) is 2.87. The van der Waals surface area contributed by atoms with Gasteiger partial charge in [0.2, 0.25) is 0 Å². The quantitative estimate of drug-likeness (QED) is 0.102. The molecule has 6 heteroatoms. The molecule has 6 nitrogen and oxygen atoms in total. The molecule has 0 saturated carbocycles. The monoisotopic (exact) mass is 508 g/mol. The standard InChI is InChI=1S/C30H56N2O4/c1-3-5-7-9-11-13-15-17-19-21-25-31-29(33)35-27-23-24-28-36-30(34)32-26-22-20-18-16-14-12-10-8-6-4-2/h3-22,25-28H2,1-2H3,(H,31,33)(H,32,34). The molecule has 0 radical (unpaired) electrons. The van der Waals surface area contributed by atoms with E-state index in [0.717, 1.165) is 25.7 Å². The molecule has 2 amide bonds. The normalized spacial score (nSPS) is 10.4. The number of hydrogen-bond acceptors (Lipinski definition) is 4. The first kappa shape index (κ1) is 34.1. The van der Waals surface area contributed by atoms with Gasteiger partial charge in [0.25, 0.3) is 0 Å². The van der Waals surface area contributed by atoms with Crippen LogP contribution in [0.15, 0.2) is 0 Å². The first-order valence-corrected chi connectivity index (χ1v) is 15.0. The van der Waals surface area contributed by atoms with Crippen molar-refractivity contribution in [3.8, 4) is 11.8 Å². The number of carbonyl (C=O) groups excluding carboxylic acids is 2. The van der Waals surface area contributed by atoms with E-state index in [4.69, 9.17) is 9.47 Å². The molecular formula is C30H56N2O4. The highest BCUT2D eigenvalue weighted by atomic mass is 16.6. The smallest absolute Gasteiger partial charge is 0.408 e. The molecular weight excluding hydrogens is 452 g/mol. The van der Waals surface area contributed by atoms with E-state index < -0.39 is 12.2 Å². The van der Waals surface area contributed by atoms with Crippen LogP contribution in [0.1, 0.15) is 142 Å². The van der Waals surface area contributed by atoms with Crippen LogP contribution in [-0.2, 0) is 9.47 Å².